The van der Waals surface area contributed by atoms with Crippen LogP contribution in [-0.2, 0) is 6.54 Å². The maximum Gasteiger partial charge on any atom is 0.254 e. The van der Waals surface area contributed by atoms with Crippen LogP contribution in [0.15, 0.2) is 49.1 Å². The van der Waals surface area contributed by atoms with Crippen molar-refractivity contribution in [2.45, 2.75) is 20.4 Å². The van der Waals surface area contributed by atoms with Gasteiger partial charge in [-0.1, -0.05) is 12.1 Å². The van der Waals surface area contributed by atoms with Crippen molar-refractivity contribution in [3.05, 3.63) is 71.3 Å². The zero-order chi connectivity index (χ0) is 19.3. The average molecular weight is 370 g/mol. The van der Waals surface area contributed by atoms with Crippen molar-refractivity contribution in [3.63, 3.8) is 0 Å². The fraction of sp³-hybridized carbons (Fsp3) is 0.143. The summed E-state index contributed by atoms with van der Waals surface area (Å²) >= 11 is 0. The smallest absolute Gasteiger partial charge is 0.254 e. The van der Waals surface area contributed by atoms with Crippen molar-refractivity contribution in [3.8, 4) is 11.4 Å². The predicted molar refractivity (Wildman–Crippen MR) is 107 cm³/mol. The molecule has 1 aliphatic rings. The summed E-state index contributed by atoms with van der Waals surface area (Å²) in [6.45, 7) is 4.44. The number of carbonyl (C=O) groups is 1. The van der Waals surface area contributed by atoms with E-state index in [-0.39, 0.29) is 5.91 Å². The number of nitrogens with one attached hydrogen (secondary N) is 2. The highest BCUT2D eigenvalue weighted by Crippen LogP contribution is 2.33. The fourth-order valence-electron chi connectivity index (χ4n) is 3.56. The van der Waals surface area contributed by atoms with Crippen molar-refractivity contribution in [2.75, 3.05) is 5.32 Å². The van der Waals surface area contributed by atoms with Gasteiger partial charge in [-0.05, 0) is 37.1 Å². The van der Waals surface area contributed by atoms with Crippen molar-refractivity contribution in [1.29, 1.82) is 0 Å². The Bertz CT molecular complexity index is 1230. The van der Waals surface area contributed by atoms with E-state index >= 15 is 0 Å². The average Bonchev–Trinajstić information content (AvgIpc) is 3.29. The molecule has 2 N–H and O–H groups in total. The summed E-state index contributed by atoms with van der Waals surface area (Å²) in [6, 6.07) is 7.86. The minimum Gasteiger partial charge on any atom is -0.348 e. The number of carbonyl (C=O) groups excluding carboxylic acids is 1. The van der Waals surface area contributed by atoms with Gasteiger partial charge in [0.25, 0.3) is 5.91 Å². The molecule has 4 aromatic rings. The number of hydrogen-bond donors (Lipinski definition) is 2. The molecule has 1 amide bonds. The monoisotopic (exact) mass is 370 g/mol. The normalized spacial score (nSPS) is 12.9. The summed E-state index contributed by atoms with van der Waals surface area (Å²) in [5, 5.41) is 6.14. The summed E-state index contributed by atoms with van der Waals surface area (Å²) in [5.74, 6) is 0.561. The number of aryl methyl sites for hydroxylation is 2. The molecule has 4 aromatic heterocycles. The Morgan fingerprint density at radius 2 is 1.96 bits per heavy atom. The zero-order valence-electron chi connectivity index (χ0n) is 15.5. The number of imidazole rings is 1. The lowest BCUT2D eigenvalue weighted by atomic mass is 10.1. The molecule has 0 saturated carbocycles. The molecule has 138 valence electrons. The Labute approximate surface area is 161 Å². The molecule has 7 nitrogen and oxygen atoms in total. The first kappa shape index (κ1) is 16.4. The van der Waals surface area contributed by atoms with Crippen LogP contribution in [0.4, 0.5) is 11.5 Å². The molecule has 28 heavy (non-hydrogen) atoms. The summed E-state index contributed by atoms with van der Waals surface area (Å²) in [4.78, 5) is 26.1. The number of nitrogens with zero attached hydrogens (tertiary/aromatic N) is 4. The second-order valence-electron chi connectivity index (χ2n) is 6.93. The summed E-state index contributed by atoms with van der Waals surface area (Å²) in [5.41, 5.74) is 6.79. The van der Waals surface area contributed by atoms with Gasteiger partial charge in [0.2, 0.25) is 0 Å². The minimum absolute atomic E-state index is 0.113. The summed E-state index contributed by atoms with van der Waals surface area (Å²) in [7, 11) is 0. The molecule has 5 rings (SSSR count). The Kier molecular flexibility index (Phi) is 3.61. The van der Waals surface area contributed by atoms with Crippen LogP contribution in [0.2, 0.25) is 0 Å². The van der Waals surface area contributed by atoms with Crippen LogP contribution < -0.4 is 10.6 Å². The molecule has 0 fully saturated rings. The number of amides is 1. The highest BCUT2D eigenvalue weighted by molar-refractivity contribution is 6.05. The number of aromatic nitrogens is 4. The minimum atomic E-state index is -0.113. The van der Waals surface area contributed by atoms with E-state index in [1.54, 1.807) is 12.4 Å². The van der Waals surface area contributed by atoms with E-state index < -0.39 is 0 Å². The van der Waals surface area contributed by atoms with Crippen LogP contribution in [-0.4, -0.2) is 25.3 Å². The standard InChI is InChI=1S/C21H18N6O/c1-12-5-6-17(22-8-12)26-15-10-23-19(14-9-25-21(28)18(14)15)16-11-24-20-13(2)4-3-7-27(16)20/h3-8,10-11H,9H2,1-2H3,(H,22,26)(H,25,28). The SMILES string of the molecule is Cc1ccc(Nc2cnc(-c3cnc4c(C)cccn34)c3c2C(=O)NC3)nc1. The molecule has 5 heterocycles. The second-order valence-corrected chi connectivity index (χ2v) is 6.93. The van der Waals surface area contributed by atoms with Crippen molar-refractivity contribution in [2.24, 2.45) is 0 Å². The maximum atomic E-state index is 12.5. The van der Waals surface area contributed by atoms with Gasteiger partial charge in [0.15, 0.2) is 0 Å². The van der Waals surface area contributed by atoms with E-state index in [9.17, 15) is 4.79 Å². The number of rotatable bonds is 3. The van der Waals surface area contributed by atoms with Crippen molar-refractivity contribution >= 4 is 23.1 Å². The number of anilines is 2. The van der Waals surface area contributed by atoms with E-state index in [2.05, 4.69) is 25.6 Å². The molecule has 0 radical (unpaired) electrons. The van der Waals surface area contributed by atoms with E-state index in [0.29, 0.717) is 23.6 Å². The van der Waals surface area contributed by atoms with Crippen LogP contribution in [0.1, 0.15) is 27.0 Å². The fourth-order valence-corrected chi connectivity index (χ4v) is 3.56. The van der Waals surface area contributed by atoms with Gasteiger partial charge in [0, 0.05) is 24.5 Å². The third-order valence-electron chi connectivity index (χ3n) is 4.98. The van der Waals surface area contributed by atoms with Gasteiger partial charge in [0.1, 0.15) is 11.5 Å². The van der Waals surface area contributed by atoms with Crippen LogP contribution in [0, 0.1) is 13.8 Å². The highest BCUT2D eigenvalue weighted by Gasteiger charge is 2.28. The number of fused-ring (bicyclic) bond motifs is 2. The zero-order valence-corrected chi connectivity index (χ0v) is 15.5. The summed E-state index contributed by atoms with van der Waals surface area (Å²) < 4.78 is 2.01. The quantitative estimate of drug-likeness (QED) is 0.577. The first-order valence-electron chi connectivity index (χ1n) is 9.04. The Morgan fingerprint density at radius 3 is 2.79 bits per heavy atom. The molecule has 0 aliphatic carbocycles. The van der Waals surface area contributed by atoms with Crippen molar-refractivity contribution in [1.82, 2.24) is 24.7 Å². The molecular formula is C21H18N6O. The lowest BCUT2D eigenvalue weighted by Crippen LogP contribution is -2.13. The Balaban J connectivity index is 1.64. The van der Waals surface area contributed by atoms with E-state index in [1.807, 2.05) is 54.9 Å². The number of hydrogen-bond acceptors (Lipinski definition) is 5. The second kappa shape index (κ2) is 6.16. The third kappa shape index (κ3) is 2.51. The maximum absolute atomic E-state index is 12.5. The largest absolute Gasteiger partial charge is 0.348 e. The van der Waals surface area contributed by atoms with E-state index in [0.717, 1.165) is 33.7 Å². The highest BCUT2D eigenvalue weighted by atomic mass is 16.1. The van der Waals surface area contributed by atoms with Gasteiger partial charge in [-0.3, -0.25) is 14.2 Å². The van der Waals surface area contributed by atoms with Crippen molar-refractivity contribution < 1.29 is 4.79 Å². The molecule has 0 bridgehead atoms. The van der Waals surface area contributed by atoms with Crippen LogP contribution in [0.5, 0.6) is 0 Å². The van der Waals surface area contributed by atoms with Gasteiger partial charge >= 0.3 is 0 Å². The third-order valence-corrected chi connectivity index (χ3v) is 4.98. The molecule has 7 heteroatoms. The Hall–Kier alpha value is -3.74. The molecular weight excluding hydrogens is 352 g/mol. The molecule has 0 spiro atoms. The molecule has 1 aliphatic heterocycles. The van der Waals surface area contributed by atoms with Crippen LogP contribution in [0.25, 0.3) is 17.0 Å². The van der Waals surface area contributed by atoms with E-state index in [4.69, 9.17) is 0 Å². The van der Waals surface area contributed by atoms with Gasteiger partial charge in [-0.15, -0.1) is 0 Å². The van der Waals surface area contributed by atoms with Gasteiger partial charge in [-0.25, -0.2) is 9.97 Å². The van der Waals surface area contributed by atoms with Gasteiger partial charge in [-0.2, -0.15) is 0 Å². The molecule has 0 aromatic carbocycles. The van der Waals surface area contributed by atoms with Gasteiger partial charge in [0.05, 0.1) is 35.0 Å². The lowest BCUT2D eigenvalue weighted by molar-refractivity contribution is 0.0966. The first-order valence-corrected chi connectivity index (χ1v) is 9.04. The van der Waals surface area contributed by atoms with Crippen LogP contribution in [0.3, 0.4) is 0 Å². The topological polar surface area (TPSA) is 84.2 Å². The van der Waals surface area contributed by atoms with Crippen LogP contribution >= 0.6 is 0 Å². The Morgan fingerprint density at radius 1 is 1.07 bits per heavy atom. The van der Waals surface area contributed by atoms with Gasteiger partial charge < -0.3 is 10.6 Å². The predicted octanol–water partition coefficient (Wildman–Crippen LogP) is 3.40. The number of pyridine rings is 3. The molecule has 0 unspecified atom stereocenters. The first-order chi connectivity index (χ1) is 13.6. The van der Waals surface area contributed by atoms with E-state index in [1.165, 1.54) is 0 Å². The lowest BCUT2D eigenvalue weighted by Gasteiger charge is -2.12. The molecule has 0 atom stereocenters. The summed E-state index contributed by atoms with van der Waals surface area (Å²) in [6.07, 6.45) is 7.24. The molecule has 0 saturated heterocycles.